The number of nitrogens with one attached hydrogen (secondary N) is 1. The van der Waals surface area contributed by atoms with E-state index in [9.17, 15) is 13.2 Å². The molecule has 0 radical (unpaired) electrons. The van der Waals surface area contributed by atoms with E-state index in [4.69, 9.17) is 9.47 Å². The number of benzene rings is 2. The van der Waals surface area contributed by atoms with Gasteiger partial charge in [-0.05, 0) is 35.2 Å². The van der Waals surface area contributed by atoms with E-state index in [0.717, 1.165) is 5.56 Å². The van der Waals surface area contributed by atoms with E-state index in [-0.39, 0.29) is 27.6 Å². The van der Waals surface area contributed by atoms with Crippen molar-refractivity contribution in [2.75, 3.05) is 18.2 Å². The third kappa shape index (κ3) is 5.01. The normalized spacial score (nSPS) is 11.7. The lowest BCUT2D eigenvalue weighted by Gasteiger charge is -2.23. The van der Waals surface area contributed by atoms with Crippen LogP contribution in [0.1, 0.15) is 33.3 Å². The van der Waals surface area contributed by atoms with Crippen LogP contribution in [-0.4, -0.2) is 27.4 Å². The molecule has 2 aromatic carbocycles. The summed E-state index contributed by atoms with van der Waals surface area (Å²) >= 11 is 0. The van der Waals surface area contributed by atoms with Crippen molar-refractivity contribution in [3.05, 3.63) is 48.0 Å². The number of methoxy groups -OCH3 is 1. The SMILES string of the molecule is CCS(=O)(=O)c1cc(C(C)(C)C)cc(OC(=O)Nc2ccccc2)c1OC. The third-order valence-corrected chi connectivity index (χ3v) is 5.76. The summed E-state index contributed by atoms with van der Waals surface area (Å²) in [7, 11) is -2.23. The van der Waals surface area contributed by atoms with E-state index in [1.54, 1.807) is 43.3 Å². The van der Waals surface area contributed by atoms with E-state index in [1.165, 1.54) is 7.11 Å². The monoisotopic (exact) mass is 391 g/mol. The van der Waals surface area contributed by atoms with Crippen molar-refractivity contribution < 1.29 is 22.7 Å². The molecule has 0 heterocycles. The van der Waals surface area contributed by atoms with Gasteiger partial charge in [-0.2, -0.15) is 0 Å². The number of hydrogen-bond acceptors (Lipinski definition) is 5. The molecule has 0 saturated carbocycles. The van der Waals surface area contributed by atoms with Gasteiger partial charge in [-0.25, -0.2) is 13.2 Å². The van der Waals surface area contributed by atoms with Gasteiger partial charge in [0.2, 0.25) is 0 Å². The second-order valence-corrected chi connectivity index (χ2v) is 9.29. The zero-order valence-corrected chi connectivity index (χ0v) is 17.0. The average molecular weight is 391 g/mol. The highest BCUT2D eigenvalue weighted by Gasteiger charge is 2.27. The Bertz CT molecular complexity index is 915. The largest absolute Gasteiger partial charge is 0.492 e. The van der Waals surface area contributed by atoms with Crippen molar-refractivity contribution in [3.8, 4) is 11.5 Å². The maximum atomic E-state index is 12.6. The number of amides is 1. The molecule has 0 unspecified atom stereocenters. The van der Waals surface area contributed by atoms with Gasteiger partial charge in [0.25, 0.3) is 0 Å². The predicted octanol–water partition coefficient (Wildman–Crippen LogP) is 4.40. The number of sulfone groups is 1. The first-order chi connectivity index (χ1) is 12.6. The topological polar surface area (TPSA) is 81.7 Å². The Labute approximate surface area is 160 Å². The molecule has 0 bridgehead atoms. The van der Waals surface area contributed by atoms with Crippen molar-refractivity contribution in [1.82, 2.24) is 0 Å². The molecule has 0 aromatic heterocycles. The van der Waals surface area contributed by atoms with E-state index >= 15 is 0 Å². The summed E-state index contributed by atoms with van der Waals surface area (Å²) in [6.07, 6.45) is -0.731. The third-order valence-electron chi connectivity index (χ3n) is 4.03. The highest BCUT2D eigenvalue weighted by molar-refractivity contribution is 7.91. The molecule has 0 aliphatic heterocycles. The summed E-state index contributed by atoms with van der Waals surface area (Å²) in [4.78, 5) is 12.3. The van der Waals surface area contributed by atoms with Crippen molar-refractivity contribution in [3.63, 3.8) is 0 Å². The van der Waals surface area contributed by atoms with Gasteiger partial charge in [-0.15, -0.1) is 0 Å². The Kier molecular flexibility index (Phi) is 6.15. The number of ether oxygens (including phenoxy) is 2. The van der Waals surface area contributed by atoms with E-state index in [2.05, 4.69) is 5.32 Å². The van der Waals surface area contributed by atoms with Gasteiger partial charge in [-0.3, -0.25) is 5.32 Å². The number of rotatable bonds is 5. The van der Waals surface area contributed by atoms with Crippen LogP contribution in [0, 0.1) is 0 Å². The summed E-state index contributed by atoms with van der Waals surface area (Å²) in [5, 5.41) is 2.61. The van der Waals surface area contributed by atoms with Crippen molar-refractivity contribution in [2.24, 2.45) is 0 Å². The molecule has 1 N–H and O–H groups in total. The molecule has 0 aliphatic rings. The highest BCUT2D eigenvalue weighted by Crippen LogP contribution is 2.39. The molecule has 0 aliphatic carbocycles. The fraction of sp³-hybridized carbons (Fsp3) is 0.350. The first-order valence-corrected chi connectivity index (χ1v) is 10.2. The number of hydrogen-bond donors (Lipinski definition) is 1. The maximum absolute atomic E-state index is 12.6. The molecule has 2 rings (SSSR count). The Morgan fingerprint density at radius 1 is 1.11 bits per heavy atom. The first kappa shape index (κ1) is 20.8. The summed E-state index contributed by atoms with van der Waals surface area (Å²) in [5.41, 5.74) is 0.936. The molecule has 6 nitrogen and oxygen atoms in total. The van der Waals surface area contributed by atoms with Gasteiger partial charge < -0.3 is 9.47 Å². The molecular weight excluding hydrogens is 366 g/mol. The van der Waals surface area contributed by atoms with Crippen LogP contribution >= 0.6 is 0 Å². The average Bonchev–Trinajstić information content (AvgIpc) is 2.61. The minimum Gasteiger partial charge on any atom is -0.492 e. The summed E-state index contributed by atoms with van der Waals surface area (Å²) in [6.45, 7) is 7.40. The van der Waals surface area contributed by atoms with Crippen molar-refractivity contribution >= 4 is 21.6 Å². The molecule has 0 saturated heterocycles. The molecule has 7 heteroatoms. The minimum atomic E-state index is -3.58. The van der Waals surface area contributed by atoms with E-state index in [1.807, 2.05) is 26.8 Å². The van der Waals surface area contributed by atoms with Gasteiger partial charge in [0.1, 0.15) is 4.90 Å². The number of anilines is 1. The molecule has 1 amide bonds. The molecule has 27 heavy (non-hydrogen) atoms. The van der Waals surface area contributed by atoms with Gasteiger partial charge in [0.05, 0.1) is 12.9 Å². The molecule has 2 aromatic rings. The lowest BCUT2D eigenvalue weighted by molar-refractivity contribution is 0.212. The van der Waals surface area contributed by atoms with Crippen LogP contribution in [0.3, 0.4) is 0 Å². The molecule has 0 atom stereocenters. The second kappa shape index (κ2) is 8.00. The van der Waals surface area contributed by atoms with Crippen LogP contribution in [0.2, 0.25) is 0 Å². The van der Waals surface area contributed by atoms with E-state index in [0.29, 0.717) is 5.69 Å². The fourth-order valence-corrected chi connectivity index (χ4v) is 3.52. The molecular formula is C20H25NO5S. The molecule has 146 valence electrons. The summed E-state index contributed by atoms with van der Waals surface area (Å²) in [6, 6.07) is 12.0. The standard InChI is InChI=1S/C20H25NO5S/c1-6-27(23,24)17-13-14(20(2,3)4)12-16(18(17)25-5)26-19(22)21-15-10-8-7-9-11-15/h7-13H,6H2,1-5H3,(H,21,22). The van der Waals surface area contributed by atoms with Crippen LogP contribution in [0.15, 0.2) is 47.4 Å². The smallest absolute Gasteiger partial charge is 0.417 e. The number of carbonyl (C=O) groups excluding carboxylic acids is 1. The minimum absolute atomic E-state index is 0.0161. The van der Waals surface area contributed by atoms with Gasteiger partial charge in [0.15, 0.2) is 21.3 Å². The Morgan fingerprint density at radius 2 is 1.74 bits per heavy atom. The Balaban J connectivity index is 2.50. The second-order valence-electron chi connectivity index (χ2n) is 7.04. The van der Waals surface area contributed by atoms with Crippen molar-refractivity contribution in [2.45, 2.75) is 38.0 Å². The van der Waals surface area contributed by atoms with Crippen LogP contribution < -0.4 is 14.8 Å². The maximum Gasteiger partial charge on any atom is 0.417 e. The van der Waals surface area contributed by atoms with Gasteiger partial charge in [-0.1, -0.05) is 45.9 Å². The van der Waals surface area contributed by atoms with Gasteiger partial charge in [0, 0.05) is 5.69 Å². The van der Waals surface area contributed by atoms with Crippen LogP contribution in [-0.2, 0) is 15.3 Å². The van der Waals surface area contributed by atoms with Crippen LogP contribution in [0.5, 0.6) is 11.5 Å². The summed E-state index contributed by atoms with van der Waals surface area (Å²) in [5.74, 6) is -0.00878. The zero-order valence-electron chi connectivity index (χ0n) is 16.2. The summed E-state index contributed by atoms with van der Waals surface area (Å²) < 4.78 is 35.8. The zero-order chi connectivity index (χ0) is 20.2. The Hall–Kier alpha value is -2.54. The van der Waals surface area contributed by atoms with Crippen molar-refractivity contribution in [1.29, 1.82) is 0 Å². The van der Waals surface area contributed by atoms with Crippen LogP contribution in [0.25, 0.3) is 0 Å². The molecule has 0 fully saturated rings. The predicted molar refractivity (Wildman–Crippen MR) is 106 cm³/mol. The fourth-order valence-electron chi connectivity index (χ4n) is 2.44. The molecule has 0 spiro atoms. The lowest BCUT2D eigenvalue weighted by Crippen LogP contribution is -2.19. The number of carbonyl (C=O) groups is 1. The quantitative estimate of drug-likeness (QED) is 0.817. The lowest BCUT2D eigenvalue weighted by atomic mass is 9.87. The van der Waals surface area contributed by atoms with Crippen LogP contribution in [0.4, 0.5) is 10.5 Å². The number of para-hydroxylation sites is 1. The van der Waals surface area contributed by atoms with E-state index < -0.39 is 15.9 Å². The highest BCUT2D eigenvalue weighted by atomic mass is 32.2. The Morgan fingerprint density at radius 3 is 2.26 bits per heavy atom. The first-order valence-electron chi connectivity index (χ1n) is 8.57. The van der Waals surface area contributed by atoms with Gasteiger partial charge >= 0.3 is 6.09 Å².